The fourth-order valence-electron chi connectivity index (χ4n) is 1.78. The molecule has 120 valence electrons. The Hall–Kier alpha value is -2.57. The summed E-state index contributed by atoms with van der Waals surface area (Å²) in [4.78, 5) is 34.4. The van der Waals surface area contributed by atoms with E-state index < -0.39 is 17.8 Å². The molecule has 1 rings (SSSR count). The van der Waals surface area contributed by atoms with E-state index in [0.29, 0.717) is 29.3 Å². The van der Waals surface area contributed by atoms with Gasteiger partial charge in [-0.1, -0.05) is 19.9 Å². The summed E-state index contributed by atoms with van der Waals surface area (Å²) in [6.45, 7) is 6.05. The van der Waals surface area contributed by atoms with E-state index >= 15 is 0 Å². The van der Waals surface area contributed by atoms with Crippen molar-refractivity contribution in [1.29, 1.82) is 0 Å². The molecule has 0 aliphatic carbocycles. The highest BCUT2D eigenvalue weighted by Gasteiger charge is 2.11. The van der Waals surface area contributed by atoms with Gasteiger partial charge in [-0.25, -0.2) is 4.79 Å². The average Bonchev–Trinajstić information content (AvgIpc) is 2.43. The SMILES string of the molecule is Cc1c(NCC(=O)NC(=O)NCC(C)C)cccc1C(N)=O. The summed E-state index contributed by atoms with van der Waals surface area (Å²) in [5.41, 5.74) is 6.93. The minimum Gasteiger partial charge on any atom is -0.376 e. The fourth-order valence-corrected chi connectivity index (χ4v) is 1.78. The predicted octanol–water partition coefficient (Wildman–Crippen LogP) is 0.988. The molecule has 0 spiro atoms. The van der Waals surface area contributed by atoms with Gasteiger partial charge in [-0.15, -0.1) is 0 Å². The number of carbonyl (C=O) groups is 3. The highest BCUT2D eigenvalue weighted by atomic mass is 16.2. The van der Waals surface area contributed by atoms with E-state index in [2.05, 4.69) is 16.0 Å². The first-order chi connectivity index (χ1) is 10.3. The Morgan fingerprint density at radius 3 is 2.50 bits per heavy atom. The third kappa shape index (κ3) is 5.43. The van der Waals surface area contributed by atoms with Gasteiger partial charge in [0.25, 0.3) is 0 Å². The van der Waals surface area contributed by atoms with E-state index in [4.69, 9.17) is 5.73 Å². The number of nitrogens with one attached hydrogen (secondary N) is 3. The van der Waals surface area contributed by atoms with Gasteiger partial charge in [-0.05, 0) is 30.5 Å². The van der Waals surface area contributed by atoms with Gasteiger partial charge in [0.15, 0.2) is 0 Å². The summed E-state index contributed by atoms with van der Waals surface area (Å²) in [5, 5.41) is 7.68. The van der Waals surface area contributed by atoms with Gasteiger partial charge in [-0.2, -0.15) is 0 Å². The number of primary amides is 1. The van der Waals surface area contributed by atoms with Gasteiger partial charge in [-0.3, -0.25) is 14.9 Å². The maximum atomic E-state index is 11.7. The second kappa shape index (κ2) is 8.02. The number of carbonyl (C=O) groups excluding carboxylic acids is 3. The van der Waals surface area contributed by atoms with E-state index in [1.807, 2.05) is 13.8 Å². The fraction of sp³-hybridized carbons (Fsp3) is 0.400. The lowest BCUT2D eigenvalue weighted by atomic mass is 10.1. The zero-order valence-corrected chi connectivity index (χ0v) is 13.0. The van der Waals surface area contributed by atoms with Crippen molar-refractivity contribution in [2.24, 2.45) is 11.7 Å². The first kappa shape index (κ1) is 17.5. The van der Waals surface area contributed by atoms with Crippen LogP contribution in [0.4, 0.5) is 10.5 Å². The number of benzene rings is 1. The third-order valence-corrected chi connectivity index (χ3v) is 2.96. The van der Waals surface area contributed by atoms with Crippen molar-refractivity contribution in [2.75, 3.05) is 18.4 Å². The molecular formula is C15H22N4O3. The third-order valence-electron chi connectivity index (χ3n) is 2.96. The smallest absolute Gasteiger partial charge is 0.321 e. The highest BCUT2D eigenvalue weighted by Crippen LogP contribution is 2.18. The number of amides is 4. The van der Waals surface area contributed by atoms with Crippen LogP contribution in [0.15, 0.2) is 18.2 Å². The molecule has 0 bridgehead atoms. The molecule has 0 fully saturated rings. The summed E-state index contributed by atoms with van der Waals surface area (Å²) < 4.78 is 0. The number of hydrogen-bond acceptors (Lipinski definition) is 4. The molecule has 0 aliphatic rings. The quantitative estimate of drug-likeness (QED) is 0.627. The Morgan fingerprint density at radius 1 is 1.23 bits per heavy atom. The first-order valence-corrected chi connectivity index (χ1v) is 7.02. The standard InChI is InChI=1S/C15H22N4O3/c1-9(2)7-18-15(22)19-13(20)8-17-12-6-4-5-11(10(12)3)14(16)21/h4-6,9,17H,7-8H2,1-3H3,(H2,16,21)(H2,18,19,20,22). The monoisotopic (exact) mass is 306 g/mol. The lowest BCUT2D eigenvalue weighted by Crippen LogP contribution is -2.43. The van der Waals surface area contributed by atoms with E-state index in [1.165, 1.54) is 0 Å². The number of hydrogen-bond donors (Lipinski definition) is 4. The zero-order valence-electron chi connectivity index (χ0n) is 13.0. The predicted molar refractivity (Wildman–Crippen MR) is 84.6 cm³/mol. The Bertz CT molecular complexity index is 570. The summed E-state index contributed by atoms with van der Waals surface area (Å²) in [7, 11) is 0. The molecule has 0 saturated carbocycles. The molecule has 0 heterocycles. The van der Waals surface area contributed by atoms with Crippen LogP contribution in [0.1, 0.15) is 29.8 Å². The lowest BCUT2D eigenvalue weighted by Gasteiger charge is -2.12. The van der Waals surface area contributed by atoms with Crippen molar-refractivity contribution in [3.05, 3.63) is 29.3 Å². The molecule has 5 N–H and O–H groups in total. The normalized spacial score (nSPS) is 10.2. The summed E-state index contributed by atoms with van der Waals surface area (Å²) in [5.74, 6) is -0.693. The number of rotatable bonds is 6. The van der Waals surface area contributed by atoms with Crippen molar-refractivity contribution in [1.82, 2.24) is 10.6 Å². The van der Waals surface area contributed by atoms with Gasteiger partial charge in [0.05, 0.1) is 6.54 Å². The Labute approximate surface area is 129 Å². The zero-order chi connectivity index (χ0) is 16.7. The molecule has 7 heteroatoms. The summed E-state index contributed by atoms with van der Waals surface area (Å²) >= 11 is 0. The van der Waals surface area contributed by atoms with Crippen LogP contribution in [-0.4, -0.2) is 30.9 Å². The number of imide groups is 1. The van der Waals surface area contributed by atoms with Gasteiger partial charge >= 0.3 is 6.03 Å². The molecule has 7 nitrogen and oxygen atoms in total. The first-order valence-electron chi connectivity index (χ1n) is 7.02. The highest BCUT2D eigenvalue weighted by molar-refractivity contribution is 5.97. The van der Waals surface area contributed by atoms with Crippen LogP contribution >= 0.6 is 0 Å². The molecule has 4 amide bonds. The molecule has 0 atom stereocenters. The van der Waals surface area contributed by atoms with Crippen LogP contribution in [0.25, 0.3) is 0 Å². The van der Waals surface area contributed by atoms with E-state index in [1.54, 1.807) is 25.1 Å². The topological polar surface area (TPSA) is 113 Å². The molecule has 1 aromatic rings. The minimum atomic E-state index is -0.529. The Morgan fingerprint density at radius 2 is 1.91 bits per heavy atom. The Balaban J connectivity index is 2.53. The van der Waals surface area contributed by atoms with E-state index in [0.717, 1.165) is 0 Å². The van der Waals surface area contributed by atoms with Crippen molar-refractivity contribution in [3.8, 4) is 0 Å². The van der Waals surface area contributed by atoms with Crippen LogP contribution in [0.5, 0.6) is 0 Å². The second-order valence-electron chi connectivity index (χ2n) is 5.35. The van der Waals surface area contributed by atoms with Crippen molar-refractivity contribution < 1.29 is 14.4 Å². The van der Waals surface area contributed by atoms with Crippen molar-refractivity contribution in [3.63, 3.8) is 0 Å². The lowest BCUT2D eigenvalue weighted by molar-refractivity contribution is -0.118. The van der Waals surface area contributed by atoms with Crippen LogP contribution in [-0.2, 0) is 4.79 Å². The van der Waals surface area contributed by atoms with Crippen LogP contribution < -0.4 is 21.7 Å². The minimum absolute atomic E-state index is 0.0852. The molecule has 0 unspecified atom stereocenters. The van der Waals surface area contributed by atoms with Crippen LogP contribution in [0, 0.1) is 12.8 Å². The molecule has 22 heavy (non-hydrogen) atoms. The van der Waals surface area contributed by atoms with E-state index in [9.17, 15) is 14.4 Å². The van der Waals surface area contributed by atoms with Crippen molar-refractivity contribution >= 4 is 23.5 Å². The van der Waals surface area contributed by atoms with Gasteiger partial charge < -0.3 is 16.4 Å². The number of anilines is 1. The summed E-state index contributed by atoms with van der Waals surface area (Å²) in [6.07, 6.45) is 0. The summed E-state index contributed by atoms with van der Waals surface area (Å²) in [6, 6.07) is 4.49. The maximum absolute atomic E-state index is 11.7. The largest absolute Gasteiger partial charge is 0.376 e. The van der Waals surface area contributed by atoms with Crippen LogP contribution in [0.3, 0.4) is 0 Å². The van der Waals surface area contributed by atoms with Gasteiger partial charge in [0, 0.05) is 17.8 Å². The molecule has 0 aliphatic heterocycles. The van der Waals surface area contributed by atoms with Crippen LogP contribution in [0.2, 0.25) is 0 Å². The second-order valence-corrected chi connectivity index (χ2v) is 5.35. The molecular weight excluding hydrogens is 284 g/mol. The number of nitrogens with two attached hydrogens (primary N) is 1. The maximum Gasteiger partial charge on any atom is 0.321 e. The Kier molecular flexibility index (Phi) is 6.37. The number of urea groups is 1. The van der Waals surface area contributed by atoms with Gasteiger partial charge in [0.2, 0.25) is 11.8 Å². The molecule has 1 aromatic carbocycles. The van der Waals surface area contributed by atoms with Gasteiger partial charge in [0.1, 0.15) is 0 Å². The molecule has 0 aromatic heterocycles. The average molecular weight is 306 g/mol. The van der Waals surface area contributed by atoms with E-state index in [-0.39, 0.29) is 6.54 Å². The molecule has 0 radical (unpaired) electrons. The molecule has 0 saturated heterocycles. The van der Waals surface area contributed by atoms with Crippen molar-refractivity contribution in [2.45, 2.75) is 20.8 Å².